The zero-order chi connectivity index (χ0) is 18.8. The average molecular weight is 384 g/mol. The topological polar surface area (TPSA) is 73.1 Å². The van der Waals surface area contributed by atoms with Gasteiger partial charge in [-0.1, -0.05) is 11.6 Å². The fraction of sp³-hybridized carbons (Fsp3) is 0.263. The summed E-state index contributed by atoms with van der Waals surface area (Å²) in [6.45, 7) is 0.683. The number of aryl methyl sites for hydroxylation is 1. The summed E-state index contributed by atoms with van der Waals surface area (Å²) in [6.07, 6.45) is 8.31. The van der Waals surface area contributed by atoms with Gasteiger partial charge in [0.2, 0.25) is 5.88 Å². The number of ether oxygens (including phenoxy) is 1. The molecule has 1 aliphatic heterocycles. The lowest BCUT2D eigenvalue weighted by Crippen LogP contribution is -2.30. The van der Waals surface area contributed by atoms with Gasteiger partial charge in [-0.05, 0) is 37.1 Å². The number of hydrogen-bond donors (Lipinski definition) is 0. The quantitative estimate of drug-likeness (QED) is 0.687. The van der Waals surface area contributed by atoms with Crippen molar-refractivity contribution in [2.75, 3.05) is 6.54 Å². The highest BCUT2D eigenvalue weighted by Crippen LogP contribution is 2.33. The lowest BCUT2D eigenvalue weighted by atomic mass is 10.1. The van der Waals surface area contributed by atoms with Crippen molar-refractivity contribution in [2.24, 2.45) is 7.05 Å². The summed E-state index contributed by atoms with van der Waals surface area (Å²) in [5, 5.41) is 4.72. The van der Waals surface area contributed by atoms with E-state index in [1.54, 1.807) is 60.8 Å². The highest BCUT2D eigenvalue weighted by Gasteiger charge is 2.32. The van der Waals surface area contributed by atoms with Crippen LogP contribution in [0.4, 0.5) is 0 Å². The summed E-state index contributed by atoms with van der Waals surface area (Å²) >= 11 is 5.90. The molecule has 1 amide bonds. The van der Waals surface area contributed by atoms with E-state index in [4.69, 9.17) is 16.3 Å². The maximum absolute atomic E-state index is 12.8. The molecule has 1 fully saturated rings. The number of rotatable bonds is 4. The van der Waals surface area contributed by atoms with Crippen LogP contribution in [0.25, 0.3) is 0 Å². The van der Waals surface area contributed by atoms with Gasteiger partial charge in [0, 0.05) is 24.8 Å². The zero-order valence-corrected chi connectivity index (χ0v) is 15.5. The molecule has 2 aromatic heterocycles. The van der Waals surface area contributed by atoms with Crippen LogP contribution in [0.5, 0.6) is 11.6 Å². The van der Waals surface area contributed by atoms with Gasteiger partial charge in [0.25, 0.3) is 5.91 Å². The minimum atomic E-state index is -0.126. The molecule has 0 radical (unpaired) electrons. The summed E-state index contributed by atoms with van der Waals surface area (Å²) < 4.78 is 7.39. The minimum absolute atomic E-state index is 0.0450. The van der Waals surface area contributed by atoms with Gasteiger partial charge in [-0.15, -0.1) is 0 Å². The smallest absolute Gasteiger partial charge is 0.257 e. The summed E-state index contributed by atoms with van der Waals surface area (Å²) in [5.41, 5.74) is 1.29. The van der Waals surface area contributed by atoms with Crippen LogP contribution in [0.3, 0.4) is 0 Å². The lowest BCUT2D eigenvalue weighted by molar-refractivity contribution is 0.0732. The molecule has 1 aliphatic rings. The molecule has 1 atom stereocenters. The Kier molecular flexibility index (Phi) is 4.77. The van der Waals surface area contributed by atoms with Gasteiger partial charge in [-0.3, -0.25) is 14.5 Å². The molecule has 1 aromatic carbocycles. The van der Waals surface area contributed by atoms with Crippen molar-refractivity contribution in [1.29, 1.82) is 0 Å². The predicted octanol–water partition coefficient (Wildman–Crippen LogP) is 3.63. The monoisotopic (exact) mass is 383 g/mol. The van der Waals surface area contributed by atoms with Gasteiger partial charge in [-0.2, -0.15) is 5.10 Å². The van der Waals surface area contributed by atoms with Crippen molar-refractivity contribution in [3.05, 3.63) is 65.3 Å². The van der Waals surface area contributed by atoms with Gasteiger partial charge in [0.15, 0.2) is 0 Å². The summed E-state index contributed by atoms with van der Waals surface area (Å²) in [7, 11) is 1.79. The van der Waals surface area contributed by atoms with E-state index in [9.17, 15) is 4.79 Å². The first-order chi connectivity index (χ1) is 13.1. The van der Waals surface area contributed by atoms with Crippen LogP contribution in [0.2, 0.25) is 5.02 Å². The van der Waals surface area contributed by atoms with Gasteiger partial charge in [-0.25, -0.2) is 4.98 Å². The van der Waals surface area contributed by atoms with Gasteiger partial charge in [0.05, 0.1) is 35.9 Å². The average Bonchev–Trinajstić information content (AvgIpc) is 3.32. The molecule has 0 N–H and O–H groups in total. The summed E-state index contributed by atoms with van der Waals surface area (Å²) in [6, 6.07) is 6.91. The van der Waals surface area contributed by atoms with Crippen molar-refractivity contribution in [1.82, 2.24) is 24.6 Å². The van der Waals surface area contributed by atoms with Crippen molar-refractivity contribution < 1.29 is 9.53 Å². The largest absolute Gasteiger partial charge is 0.437 e. The van der Waals surface area contributed by atoms with Gasteiger partial charge >= 0.3 is 0 Å². The third-order valence-electron chi connectivity index (χ3n) is 4.47. The second kappa shape index (κ2) is 7.36. The molecule has 3 heterocycles. The van der Waals surface area contributed by atoms with E-state index in [1.165, 1.54) is 0 Å². The number of hydrogen-bond acceptors (Lipinski definition) is 5. The Morgan fingerprint density at radius 2 is 2.04 bits per heavy atom. The molecule has 0 bridgehead atoms. The van der Waals surface area contributed by atoms with Crippen LogP contribution in [-0.2, 0) is 7.05 Å². The second-order valence-corrected chi connectivity index (χ2v) is 6.83. The molecule has 1 saturated heterocycles. The van der Waals surface area contributed by atoms with E-state index in [0.29, 0.717) is 28.8 Å². The standard InChI is InChI=1S/C19H18ClN5O2/c1-24-12-13(9-22-24)19(26)25-8-2-3-17(25)16-10-21-11-18(23-16)27-15-6-4-14(20)5-7-15/h4-7,9-12,17H,2-3,8H2,1H3. The van der Waals surface area contributed by atoms with Gasteiger partial charge < -0.3 is 9.64 Å². The lowest BCUT2D eigenvalue weighted by Gasteiger charge is -2.23. The first kappa shape index (κ1) is 17.5. The Morgan fingerprint density at radius 1 is 1.22 bits per heavy atom. The number of nitrogens with zero attached hydrogens (tertiary/aromatic N) is 5. The molecular formula is C19H18ClN5O2. The Hall–Kier alpha value is -2.93. The first-order valence-corrected chi connectivity index (χ1v) is 9.03. The molecule has 4 rings (SSSR count). The molecule has 1 unspecified atom stereocenters. The molecule has 3 aromatic rings. The van der Waals surface area contributed by atoms with Gasteiger partial charge in [0.1, 0.15) is 5.75 Å². The van der Waals surface area contributed by atoms with Crippen molar-refractivity contribution >= 4 is 17.5 Å². The van der Waals surface area contributed by atoms with Crippen LogP contribution >= 0.6 is 11.6 Å². The SMILES string of the molecule is Cn1cc(C(=O)N2CCCC2c2cncc(Oc3ccc(Cl)cc3)n2)cn1. The van der Waals surface area contributed by atoms with Crippen molar-refractivity contribution in [3.63, 3.8) is 0 Å². The number of carbonyl (C=O) groups is 1. The molecule has 27 heavy (non-hydrogen) atoms. The molecule has 0 aliphatic carbocycles. The number of aromatic nitrogens is 4. The molecular weight excluding hydrogens is 366 g/mol. The number of likely N-dealkylation sites (tertiary alicyclic amines) is 1. The normalized spacial score (nSPS) is 16.5. The van der Waals surface area contributed by atoms with Crippen LogP contribution in [0.1, 0.15) is 34.9 Å². The molecule has 7 nitrogen and oxygen atoms in total. The number of benzene rings is 1. The highest BCUT2D eigenvalue weighted by atomic mass is 35.5. The fourth-order valence-corrected chi connectivity index (χ4v) is 3.34. The fourth-order valence-electron chi connectivity index (χ4n) is 3.21. The third-order valence-corrected chi connectivity index (χ3v) is 4.73. The number of amides is 1. The van der Waals surface area contributed by atoms with E-state index in [2.05, 4.69) is 15.1 Å². The van der Waals surface area contributed by atoms with Crippen LogP contribution in [0.15, 0.2) is 49.1 Å². The van der Waals surface area contributed by atoms with Crippen molar-refractivity contribution in [3.8, 4) is 11.6 Å². The maximum Gasteiger partial charge on any atom is 0.257 e. The van der Waals surface area contributed by atoms with E-state index in [-0.39, 0.29) is 11.9 Å². The Bertz CT molecular complexity index is 957. The minimum Gasteiger partial charge on any atom is -0.437 e. The maximum atomic E-state index is 12.8. The Morgan fingerprint density at radius 3 is 2.78 bits per heavy atom. The molecule has 138 valence electrons. The van der Waals surface area contributed by atoms with Crippen LogP contribution < -0.4 is 4.74 Å². The van der Waals surface area contributed by atoms with E-state index >= 15 is 0 Å². The number of carbonyl (C=O) groups excluding carboxylic acids is 1. The van der Waals surface area contributed by atoms with Crippen molar-refractivity contribution in [2.45, 2.75) is 18.9 Å². The van der Waals surface area contributed by atoms with E-state index in [1.807, 2.05) is 4.90 Å². The van der Waals surface area contributed by atoms with Crippen LogP contribution in [0, 0.1) is 0 Å². The summed E-state index contributed by atoms with van der Waals surface area (Å²) in [4.78, 5) is 23.5. The molecule has 8 heteroatoms. The highest BCUT2D eigenvalue weighted by molar-refractivity contribution is 6.30. The van der Waals surface area contributed by atoms with E-state index < -0.39 is 0 Å². The molecule has 0 saturated carbocycles. The predicted molar refractivity (Wildman–Crippen MR) is 99.8 cm³/mol. The Balaban J connectivity index is 1.55. The van der Waals surface area contributed by atoms with E-state index in [0.717, 1.165) is 18.5 Å². The second-order valence-electron chi connectivity index (χ2n) is 6.40. The zero-order valence-electron chi connectivity index (χ0n) is 14.7. The number of halogens is 1. The van der Waals surface area contributed by atoms with Crippen LogP contribution in [-0.4, -0.2) is 37.1 Å². The first-order valence-electron chi connectivity index (χ1n) is 8.65. The Labute approximate surface area is 161 Å². The summed E-state index contributed by atoms with van der Waals surface area (Å²) in [5.74, 6) is 0.965. The molecule has 0 spiro atoms. The third kappa shape index (κ3) is 3.78.